The molecule has 4 aromatic heterocycles. The Morgan fingerprint density at radius 3 is 1.92 bits per heavy atom. The first-order valence-corrected chi connectivity index (χ1v) is 20.6. The monoisotopic (exact) mass is 770 g/mol. The van der Waals surface area contributed by atoms with Gasteiger partial charge in [0.05, 0.1) is 27.7 Å². The first-order valence-electron chi connectivity index (χ1n) is 19.8. The van der Waals surface area contributed by atoms with Gasteiger partial charge in [0.25, 0.3) is 0 Å². The summed E-state index contributed by atoms with van der Waals surface area (Å²) >= 11 is 1.79. The quantitative estimate of drug-likeness (QED) is 0.179. The lowest BCUT2D eigenvalue weighted by molar-refractivity contribution is 0.673. The van der Waals surface area contributed by atoms with E-state index < -0.39 is 0 Å². The van der Waals surface area contributed by atoms with Gasteiger partial charge in [-0.1, -0.05) is 133 Å². The molecule has 0 saturated heterocycles. The fourth-order valence-corrected chi connectivity index (χ4v) is 10.2. The van der Waals surface area contributed by atoms with Crippen LogP contribution in [0.15, 0.2) is 186 Å². The normalized spacial score (nSPS) is 12.1. The van der Waals surface area contributed by atoms with Crippen molar-refractivity contribution in [3.8, 4) is 39.9 Å². The van der Waals surface area contributed by atoms with Crippen molar-refractivity contribution in [3.05, 3.63) is 182 Å². The number of rotatable bonds is 4. The van der Waals surface area contributed by atoms with Crippen LogP contribution in [0.25, 0.3) is 125 Å². The van der Waals surface area contributed by atoms with Crippen LogP contribution >= 0.6 is 11.3 Å². The van der Waals surface area contributed by atoms with Crippen LogP contribution in [-0.2, 0) is 0 Å². The first-order chi connectivity index (χ1) is 29.2. The third-order valence-electron chi connectivity index (χ3n) is 11.8. The van der Waals surface area contributed by atoms with Crippen molar-refractivity contribution in [1.29, 1.82) is 0 Å². The van der Waals surface area contributed by atoms with Crippen LogP contribution in [0.2, 0.25) is 0 Å². The average Bonchev–Trinajstić information content (AvgIpc) is 3.98. The summed E-state index contributed by atoms with van der Waals surface area (Å²) in [6.45, 7) is 0. The van der Waals surface area contributed by atoms with E-state index in [1.807, 2.05) is 18.2 Å². The Kier molecular flexibility index (Phi) is 6.82. The molecule has 6 heteroatoms. The lowest BCUT2D eigenvalue weighted by Crippen LogP contribution is -2.01. The number of thiophene rings is 1. The number of benzene rings is 9. The summed E-state index contributed by atoms with van der Waals surface area (Å²) < 4.78 is 12.0. The molecule has 0 aliphatic heterocycles. The first kappa shape index (κ1) is 32.4. The summed E-state index contributed by atoms with van der Waals surface area (Å²) in [5, 5.41) is 11.5. The molecule has 0 amide bonds. The lowest BCUT2D eigenvalue weighted by atomic mass is 10.0. The maximum absolute atomic E-state index is 7.15. The van der Waals surface area contributed by atoms with Crippen LogP contribution in [0.3, 0.4) is 0 Å². The number of fused-ring (bicyclic) bond motifs is 12. The molecule has 13 aromatic rings. The molecule has 4 heterocycles. The molecule has 13 rings (SSSR count). The molecule has 0 saturated carbocycles. The highest BCUT2D eigenvalue weighted by Gasteiger charge is 2.24. The van der Waals surface area contributed by atoms with Crippen molar-refractivity contribution in [2.24, 2.45) is 0 Å². The van der Waals surface area contributed by atoms with Crippen molar-refractivity contribution in [1.82, 2.24) is 19.5 Å². The van der Waals surface area contributed by atoms with Crippen molar-refractivity contribution < 1.29 is 4.42 Å². The Bertz CT molecular complexity index is 3860. The predicted molar refractivity (Wildman–Crippen MR) is 246 cm³/mol. The van der Waals surface area contributed by atoms with Gasteiger partial charge in [0, 0.05) is 52.8 Å². The second-order valence-electron chi connectivity index (χ2n) is 15.2. The van der Waals surface area contributed by atoms with Crippen LogP contribution in [-0.4, -0.2) is 19.5 Å². The van der Waals surface area contributed by atoms with E-state index in [2.05, 4.69) is 168 Å². The van der Waals surface area contributed by atoms with Crippen LogP contribution in [0.1, 0.15) is 0 Å². The van der Waals surface area contributed by atoms with Crippen molar-refractivity contribution >= 4 is 96.8 Å². The largest absolute Gasteiger partial charge is 0.455 e. The van der Waals surface area contributed by atoms with Gasteiger partial charge in [0.1, 0.15) is 11.2 Å². The molecule has 0 bridgehead atoms. The summed E-state index contributed by atoms with van der Waals surface area (Å²) in [6.07, 6.45) is 0. The molecule has 9 aromatic carbocycles. The van der Waals surface area contributed by atoms with Gasteiger partial charge < -0.3 is 8.98 Å². The Morgan fingerprint density at radius 2 is 1.05 bits per heavy atom. The van der Waals surface area contributed by atoms with Gasteiger partial charge in [-0.15, -0.1) is 11.3 Å². The van der Waals surface area contributed by atoms with Gasteiger partial charge in [0.15, 0.2) is 17.5 Å². The molecule has 5 nitrogen and oxygen atoms in total. The standard InChI is InChI=1S/C53H30N4OS/c1-2-13-32(14-3-1)51-54-52(35-23-24-39-38-19-9-11-21-46(38)59-47(39)30-35)56-53(55-51)41-26-27-44(48-40-25-22-31-12-6-7-17-36(31)49(40)58-50(41)48)57-43-20-10-8-18-37(43)42-28-33-15-4-5-16-34(33)29-45(42)57/h1-30H. The summed E-state index contributed by atoms with van der Waals surface area (Å²) in [6, 6.07) is 64.4. The van der Waals surface area contributed by atoms with E-state index in [1.54, 1.807) is 11.3 Å². The topological polar surface area (TPSA) is 56.7 Å². The van der Waals surface area contributed by atoms with Gasteiger partial charge in [-0.2, -0.15) is 0 Å². The molecule has 0 aliphatic carbocycles. The minimum Gasteiger partial charge on any atom is -0.455 e. The van der Waals surface area contributed by atoms with E-state index in [-0.39, 0.29) is 0 Å². The van der Waals surface area contributed by atoms with Gasteiger partial charge in [-0.25, -0.2) is 15.0 Å². The van der Waals surface area contributed by atoms with Gasteiger partial charge in [-0.3, -0.25) is 0 Å². The third-order valence-corrected chi connectivity index (χ3v) is 12.9. The third kappa shape index (κ3) is 4.87. The molecule has 274 valence electrons. The van der Waals surface area contributed by atoms with E-state index in [0.717, 1.165) is 66.1 Å². The van der Waals surface area contributed by atoms with E-state index >= 15 is 0 Å². The Labute approximate surface area is 341 Å². The zero-order valence-electron chi connectivity index (χ0n) is 31.4. The maximum atomic E-state index is 7.15. The van der Waals surface area contributed by atoms with Gasteiger partial charge in [-0.05, 0) is 64.7 Å². The predicted octanol–water partition coefficient (Wildman–Crippen LogP) is 14.5. The number of hydrogen-bond acceptors (Lipinski definition) is 5. The fourth-order valence-electron chi connectivity index (χ4n) is 9.07. The van der Waals surface area contributed by atoms with E-state index in [4.69, 9.17) is 19.4 Å². The Balaban J connectivity index is 1.12. The number of hydrogen-bond donors (Lipinski definition) is 0. The van der Waals surface area contributed by atoms with Crippen LogP contribution in [0, 0.1) is 0 Å². The Hall–Kier alpha value is -7.67. The molecule has 0 atom stereocenters. The van der Waals surface area contributed by atoms with Crippen molar-refractivity contribution in [2.45, 2.75) is 0 Å². The zero-order valence-corrected chi connectivity index (χ0v) is 32.2. The highest BCUT2D eigenvalue weighted by Crippen LogP contribution is 2.45. The maximum Gasteiger partial charge on any atom is 0.167 e. The number of furan rings is 1. The molecule has 0 aliphatic rings. The summed E-state index contributed by atoms with van der Waals surface area (Å²) in [7, 11) is 0. The lowest BCUT2D eigenvalue weighted by Gasteiger charge is -2.13. The zero-order chi connectivity index (χ0) is 38.6. The summed E-state index contributed by atoms with van der Waals surface area (Å²) in [4.78, 5) is 15.6. The van der Waals surface area contributed by atoms with Crippen LogP contribution in [0.5, 0.6) is 0 Å². The second-order valence-corrected chi connectivity index (χ2v) is 16.2. The number of aromatic nitrogens is 4. The van der Waals surface area contributed by atoms with Crippen molar-refractivity contribution in [2.75, 3.05) is 0 Å². The highest BCUT2D eigenvalue weighted by atomic mass is 32.1. The molecule has 59 heavy (non-hydrogen) atoms. The molecule has 0 radical (unpaired) electrons. The van der Waals surface area contributed by atoms with E-state index in [0.29, 0.717) is 17.5 Å². The molecule has 0 fully saturated rings. The molecular weight excluding hydrogens is 741 g/mol. The van der Waals surface area contributed by atoms with E-state index in [1.165, 1.54) is 41.7 Å². The molecule has 0 N–H and O–H groups in total. The number of nitrogens with zero attached hydrogens (tertiary/aromatic N) is 4. The summed E-state index contributed by atoms with van der Waals surface area (Å²) in [5.41, 5.74) is 7.53. The smallest absolute Gasteiger partial charge is 0.167 e. The SMILES string of the molecule is c1ccc(-c2nc(-c3ccc4c(c3)sc3ccccc34)nc(-c3ccc(-n4c5ccccc5c5cc6ccccc6cc54)c4c3oc3c5ccccc5ccc34)n2)cc1. The second kappa shape index (κ2) is 12.4. The van der Waals surface area contributed by atoms with Crippen LogP contribution < -0.4 is 0 Å². The number of para-hydroxylation sites is 1. The minimum absolute atomic E-state index is 0.554. The van der Waals surface area contributed by atoms with E-state index in [9.17, 15) is 0 Å². The van der Waals surface area contributed by atoms with Crippen LogP contribution in [0.4, 0.5) is 0 Å². The van der Waals surface area contributed by atoms with Crippen molar-refractivity contribution in [3.63, 3.8) is 0 Å². The fraction of sp³-hybridized carbons (Fsp3) is 0. The van der Waals surface area contributed by atoms with Gasteiger partial charge in [0.2, 0.25) is 0 Å². The Morgan fingerprint density at radius 1 is 0.390 bits per heavy atom. The molecule has 0 spiro atoms. The average molecular weight is 771 g/mol. The minimum atomic E-state index is 0.554. The highest BCUT2D eigenvalue weighted by molar-refractivity contribution is 7.25. The van der Waals surface area contributed by atoms with Gasteiger partial charge >= 0.3 is 0 Å². The molecular formula is C53H30N4OS. The summed E-state index contributed by atoms with van der Waals surface area (Å²) in [5.74, 6) is 1.77. The molecule has 0 unspecified atom stereocenters.